The van der Waals surface area contributed by atoms with Gasteiger partial charge < -0.3 is 26.8 Å². The topological polar surface area (TPSA) is 137 Å². The van der Waals surface area contributed by atoms with Crippen LogP contribution in [0, 0.1) is 5.41 Å². The number of guanidine groups is 1. The van der Waals surface area contributed by atoms with Crippen LogP contribution in [0.25, 0.3) is 0 Å². The molecule has 0 amide bonds. The van der Waals surface area contributed by atoms with Gasteiger partial charge in [0.15, 0.2) is 5.96 Å². The van der Waals surface area contributed by atoms with Crippen molar-refractivity contribution in [2.45, 2.75) is 6.10 Å². The third kappa shape index (κ3) is 27.3. The van der Waals surface area contributed by atoms with Crippen LogP contribution in [-0.2, 0) is 0 Å². The molecule has 0 aliphatic rings. The average molecular weight is 151 g/mol. The standard InChI is InChI=1S/C3H8O3.CH5N3/c4-1-3(6)2-5;2-1(3)4/h3-6H,1-2H2;(H5,2,3,4). The minimum Gasteiger partial charge on any atom is -0.394 e. The van der Waals surface area contributed by atoms with E-state index in [2.05, 4.69) is 11.5 Å². The third-order valence-electron chi connectivity index (χ3n) is 0.421. The minimum atomic E-state index is -0.954. The van der Waals surface area contributed by atoms with Crippen LogP contribution in [0.3, 0.4) is 0 Å². The van der Waals surface area contributed by atoms with E-state index in [1.165, 1.54) is 0 Å². The Labute approximate surface area is 58.6 Å². The summed E-state index contributed by atoms with van der Waals surface area (Å²) in [4.78, 5) is 0. The van der Waals surface area contributed by atoms with Crippen LogP contribution in [0.2, 0.25) is 0 Å². The number of aliphatic hydroxyl groups excluding tert-OH is 3. The number of nitrogens with two attached hydrogens (primary N) is 2. The molecule has 0 aromatic heterocycles. The van der Waals surface area contributed by atoms with E-state index in [4.69, 9.17) is 20.7 Å². The summed E-state index contributed by atoms with van der Waals surface area (Å²) in [5.74, 6) is -0.333. The van der Waals surface area contributed by atoms with E-state index < -0.39 is 6.10 Å². The van der Waals surface area contributed by atoms with Gasteiger partial charge in [-0.05, 0) is 0 Å². The summed E-state index contributed by atoms with van der Waals surface area (Å²) in [7, 11) is 0. The zero-order valence-corrected chi connectivity index (χ0v) is 5.49. The van der Waals surface area contributed by atoms with Crippen LogP contribution in [-0.4, -0.2) is 40.6 Å². The van der Waals surface area contributed by atoms with Gasteiger partial charge in [-0.25, -0.2) is 0 Å². The van der Waals surface area contributed by atoms with Crippen LogP contribution < -0.4 is 11.5 Å². The van der Waals surface area contributed by atoms with Gasteiger partial charge in [-0.2, -0.15) is 0 Å². The quantitative estimate of drug-likeness (QED) is 0.187. The van der Waals surface area contributed by atoms with Gasteiger partial charge in [-0.15, -0.1) is 0 Å². The maximum atomic E-state index is 8.17. The summed E-state index contributed by atoms with van der Waals surface area (Å²) in [6.07, 6.45) is -0.954. The molecule has 0 saturated heterocycles. The van der Waals surface area contributed by atoms with Crippen LogP contribution in [0.4, 0.5) is 0 Å². The Kier molecular flexibility index (Phi) is 9.69. The highest BCUT2D eigenvalue weighted by Gasteiger charge is 1.93. The van der Waals surface area contributed by atoms with E-state index in [1.807, 2.05) is 0 Å². The van der Waals surface area contributed by atoms with Gasteiger partial charge in [0.1, 0.15) is 6.10 Å². The molecule has 8 N–H and O–H groups in total. The van der Waals surface area contributed by atoms with Crippen LogP contribution in [0.15, 0.2) is 0 Å². The highest BCUT2D eigenvalue weighted by atomic mass is 16.3. The predicted molar refractivity (Wildman–Crippen MR) is 36.3 cm³/mol. The van der Waals surface area contributed by atoms with Crippen molar-refractivity contribution in [3.63, 3.8) is 0 Å². The molecule has 10 heavy (non-hydrogen) atoms. The lowest BCUT2D eigenvalue weighted by Crippen LogP contribution is -2.20. The van der Waals surface area contributed by atoms with Gasteiger partial charge in [0.25, 0.3) is 0 Å². The first kappa shape index (κ1) is 11.9. The number of aliphatic hydroxyl groups is 3. The van der Waals surface area contributed by atoms with Gasteiger partial charge in [0.2, 0.25) is 0 Å². The Bertz CT molecular complexity index is 79.8. The first-order valence-electron chi connectivity index (χ1n) is 2.53. The fourth-order valence-corrected chi connectivity index (χ4v) is 0.0577. The van der Waals surface area contributed by atoms with Crippen molar-refractivity contribution in [2.24, 2.45) is 11.5 Å². The molecule has 0 aliphatic heterocycles. The molecule has 0 radical (unpaired) electrons. The zero-order chi connectivity index (χ0) is 8.57. The second kappa shape index (κ2) is 8.15. The van der Waals surface area contributed by atoms with E-state index in [0.717, 1.165) is 0 Å². The monoisotopic (exact) mass is 151 g/mol. The summed E-state index contributed by atoms with van der Waals surface area (Å²) >= 11 is 0. The molecule has 6 nitrogen and oxygen atoms in total. The molecule has 0 rings (SSSR count). The SMILES string of the molecule is N=C(N)N.OCC(O)CO. The van der Waals surface area contributed by atoms with E-state index in [0.29, 0.717) is 0 Å². The van der Waals surface area contributed by atoms with E-state index in [-0.39, 0.29) is 19.2 Å². The molecule has 0 bridgehead atoms. The second-order valence-corrected chi connectivity index (χ2v) is 1.47. The molecule has 0 atom stereocenters. The number of hydrogen-bond donors (Lipinski definition) is 6. The van der Waals surface area contributed by atoms with E-state index >= 15 is 0 Å². The number of nitrogens with one attached hydrogen (secondary N) is 1. The Hall–Kier alpha value is -0.850. The lowest BCUT2D eigenvalue weighted by Gasteiger charge is -1.96. The molecular weight excluding hydrogens is 138 g/mol. The molecule has 6 heteroatoms. The molecule has 0 aromatic carbocycles. The highest BCUT2D eigenvalue weighted by molar-refractivity contribution is 5.71. The molecule has 0 spiro atoms. The van der Waals surface area contributed by atoms with Crippen molar-refractivity contribution >= 4 is 5.96 Å². The largest absolute Gasteiger partial charge is 0.394 e. The predicted octanol–water partition coefficient (Wildman–Crippen LogP) is -2.83. The Morgan fingerprint density at radius 3 is 1.50 bits per heavy atom. The summed E-state index contributed by atoms with van der Waals surface area (Å²) < 4.78 is 0. The molecule has 0 unspecified atom stereocenters. The van der Waals surface area contributed by atoms with Crippen LogP contribution in [0.1, 0.15) is 0 Å². The lowest BCUT2D eigenvalue weighted by molar-refractivity contribution is 0.0450. The Morgan fingerprint density at radius 2 is 1.50 bits per heavy atom. The van der Waals surface area contributed by atoms with Crippen LogP contribution >= 0.6 is 0 Å². The summed E-state index contributed by atoms with van der Waals surface area (Å²) in [6.45, 7) is -0.729. The average Bonchev–Trinajstić information content (AvgIpc) is 1.85. The smallest absolute Gasteiger partial charge is 0.183 e. The normalized spacial score (nSPS) is 8.40. The van der Waals surface area contributed by atoms with Gasteiger partial charge >= 0.3 is 0 Å². The lowest BCUT2D eigenvalue weighted by atomic mass is 10.4. The summed E-state index contributed by atoms with van der Waals surface area (Å²) in [6, 6.07) is 0. The minimum absolute atomic E-state index is 0.333. The number of rotatable bonds is 2. The molecule has 0 saturated carbocycles. The maximum absolute atomic E-state index is 8.17. The van der Waals surface area contributed by atoms with Crippen LogP contribution in [0.5, 0.6) is 0 Å². The van der Waals surface area contributed by atoms with Crippen molar-refractivity contribution in [3.8, 4) is 0 Å². The first-order chi connectivity index (χ1) is 4.54. The van der Waals surface area contributed by atoms with E-state index in [9.17, 15) is 0 Å². The van der Waals surface area contributed by atoms with Crippen molar-refractivity contribution in [2.75, 3.05) is 13.2 Å². The Balaban J connectivity index is 0. The molecular formula is C4H13N3O3. The molecule has 0 aromatic rings. The Morgan fingerprint density at radius 1 is 1.30 bits per heavy atom. The molecule has 0 heterocycles. The van der Waals surface area contributed by atoms with E-state index in [1.54, 1.807) is 0 Å². The number of hydrogen-bond acceptors (Lipinski definition) is 4. The second-order valence-electron chi connectivity index (χ2n) is 1.47. The zero-order valence-electron chi connectivity index (χ0n) is 5.49. The van der Waals surface area contributed by atoms with Gasteiger partial charge in [0.05, 0.1) is 13.2 Å². The molecule has 0 fully saturated rings. The fourth-order valence-electron chi connectivity index (χ4n) is 0.0577. The summed E-state index contributed by atoms with van der Waals surface area (Å²) in [5.41, 5.74) is 8.94. The van der Waals surface area contributed by atoms with Gasteiger partial charge in [0, 0.05) is 0 Å². The van der Waals surface area contributed by atoms with Crippen molar-refractivity contribution in [1.82, 2.24) is 0 Å². The molecule has 0 aliphatic carbocycles. The third-order valence-corrected chi connectivity index (χ3v) is 0.421. The van der Waals surface area contributed by atoms with Crippen molar-refractivity contribution in [1.29, 1.82) is 5.41 Å². The van der Waals surface area contributed by atoms with Crippen molar-refractivity contribution < 1.29 is 15.3 Å². The van der Waals surface area contributed by atoms with Gasteiger partial charge in [-0.1, -0.05) is 0 Å². The van der Waals surface area contributed by atoms with Gasteiger partial charge in [-0.3, -0.25) is 5.41 Å². The van der Waals surface area contributed by atoms with Crippen molar-refractivity contribution in [3.05, 3.63) is 0 Å². The fraction of sp³-hybridized carbons (Fsp3) is 0.750. The first-order valence-corrected chi connectivity index (χ1v) is 2.53. The summed E-state index contributed by atoms with van der Waals surface area (Å²) in [5, 5.41) is 30.1. The maximum Gasteiger partial charge on any atom is 0.183 e. The molecule has 62 valence electrons. The highest BCUT2D eigenvalue weighted by Crippen LogP contribution is 1.71.